The van der Waals surface area contributed by atoms with Crippen molar-refractivity contribution in [2.45, 2.75) is 44.9 Å². The molecule has 2 aromatic heterocycles. The van der Waals surface area contributed by atoms with E-state index in [9.17, 15) is 4.79 Å². The Hall–Kier alpha value is -1.69. The number of carbonyl (C=O) groups is 1. The molecule has 1 aliphatic carbocycles. The Morgan fingerprint density at radius 1 is 1.35 bits per heavy atom. The predicted molar refractivity (Wildman–Crippen MR) is 74.8 cm³/mol. The molecule has 0 saturated heterocycles. The van der Waals surface area contributed by atoms with Gasteiger partial charge < -0.3 is 9.52 Å². The number of hydrogen-bond donors (Lipinski definition) is 1. The minimum Gasteiger partial charge on any atom is -0.481 e. The zero-order chi connectivity index (χ0) is 13.9. The van der Waals surface area contributed by atoms with E-state index in [1.807, 2.05) is 0 Å². The minimum atomic E-state index is -0.796. The SMILES string of the molecule is O=C(O)CCCc1nnc(-c2cc3c(s2)CCCC3)o1. The number of fused-ring (bicyclic) bond motifs is 1. The predicted octanol–water partition coefficient (Wildman–Crippen LogP) is 3.08. The molecule has 0 amide bonds. The van der Waals surface area contributed by atoms with E-state index in [1.165, 1.54) is 23.3 Å². The van der Waals surface area contributed by atoms with Crippen LogP contribution in [0.15, 0.2) is 10.5 Å². The van der Waals surface area contributed by atoms with Crippen LogP contribution in [0.5, 0.6) is 0 Å². The van der Waals surface area contributed by atoms with E-state index in [0.29, 0.717) is 24.6 Å². The quantitative estimate of drug-likeness (QED) is 0.916. The molecule has 0 saturated carbocycles. The molecule has 0 radical (unpaired) electrons. The summed E-state index contributed by atoms with van der Waals surface area (Å²) in [5.74, 6) is 0.290. The van der Waals surface area contributed by atoms with Crippen molar-refractivity contribution in [2.75, 3.05) is 0 Å². The standard InChI is InChI=1S/C14H16N2O3S/c17-13(18)7-3-6-12-15-16-14(19-12)11-8-9-4-1-2-5-10(9)20-11/h8H,1-7H2,(H,17,18). The van der Waals surface area contributed by atoms with Gasteiger partial charge in [-0.25, -0.2) is 0 Å². The van der Waals surface area contributed by atoms with Gasteiger partial charge in [0.1, 0.15) is 0 Å². The number of thiophene rings is 1. The fourth-order valence-corrected chi connectivity index (χ4v) is 3.62. The van der Waals surface area contributed by atoms with Crippen LogP contribution in [-0.4, -0.2) is 21.3 Å². The van der Waals surface area contributed by atoms with Gasteiger partial charge in [-0.15, -0.1) is 21.5 Å². The minimum absolute atomic E-state index is 0.130. The van der Waals surface area contributed by atoms with Crippen molar-refractivity contribution in [1.29, 1.82) is 0 Å². The van der Waals surface area contributed by atoms with E-state index >= 15 is 0 Å². The van der Waals surface area contributed by atoms with Gasteiger partial charge >= 0.3 is 5.97 Å². The second-order valence-electron chi connectivity index (χ2n) is 5.01. The van der Waals surface area contributed by atoms with Crippen LogP contribution in [-0.2, 0) is 24.1 Å². The number of aryl methyl sites for hydroxylation is 3. The zero-order valence-corrected chi connectivity index (χ0v) is 11.9. The van der Waals surface area contributed by atoms with Gasteiger partial charge in [-0.05, 0) is 43.7 Å². The Bertz CT molecular complexity index is 594. The Morgan fingerprint density at radius 2 is 2.20 bits per heavy atom. The van der Waals surface area contributed by atoms with Crippen molar-refractivity contribution in [3.8, 4) is 10.8 Å². The van der Waals surface area contributed by atoms with Crippen LogP contribution < -0.4 is 0 Å². The fourth-order valence-electron chi connectivity index (χ4n) is 2.44. The summed E-state index contributed by atoms with van der Waals surface area (Å²) in [5.41, 5.74) is 1.42. The van der Waals surface area contributed by atoms with E-state index in [2.05, 4.69) is 16.3 Å². The van der Waals surface area contributed by atoms with Crippen molar-refractivity contribution >= 4 is 17.3 Å². The zero-order valence-electron chi connectivity index (χ0n) is 11.1. The average molecular weight is 292 g/mol. The van der Waals surface area contributed by atoms with Crippen LogP contribution in [0.2, 0.25) is 0 Å². The van der Waals surface area contributed by atoms with Crippen LogP contribution >= 0.6 is 11.3 Å². The molecular weight excluding hydrogens is 276 g/mol. The first-order valence-corrected chi connectivity index (χ1v) is 7.70. The first-order chi connectivity index (χ1) is 9.72. The highest BCUT2D eigenvalue weighted by atomic mass is 32.1. The highest BCUT2D eigenvalue weighted by Gasteiger charge is 2.17. The van der Waals surface area contributed by atoms with Gasteiger partial charge in [0, 0.05) is 17.7 Å². The number of carboxylic acids is 1. The van der Waals surface area contributed by atoms with E-state index in [4.69, 9.17) is 9.52 Å². The molecule has 20 heavy (non-hydrogen) atoms. The lowest BCUT2D eigenvalue weighted by Gasteiger charge is -2.08. The maximum absolute atomic E-state index is 10.5. The first-order valence-electron chi connectivity index (χ1n) is 6.88. The van der Waals surface area contributed by atoms with Gasteiger partial charge in [0.15, 0.2) is 0 Å². The highest BCUT2D eigenvalue weighted by molar-refractivity contribution is 7.15. The number of carboxylic acid groups (broad SMARTS) is 1. The summed E-state index contributed by atoms with van der Waals surface area (Å²) >= 11 is 1.74. The number of aliphatic carboxylic acids is 1. The van der Waals surface area contributed by atoms with Gasteiger partial charge in [0.25, 0.3) is 5.89 Å². The molecule has 2 aromatic rings. The number of aromatic nitrogens is 2. The highest BCUT2D eigenvalue weighted by Crippen LogP contribution is 2.35. The Balaban J connectivity index is 1.69. The second-order valence-corrected chi connectivity index (χ2v) is 6.15. The lowest BCUT2D eigenvalue weighted by molar-refractivity contribution is -0.137. The molecule has 5 nitrogen and oxygen atoms in total. The maximum atomic E-state index is 10.5. The summed E-state index contributed by atoms with van der Waals surface area (Å²) in [6.45, 7) is 0. The van der Waals surface area contributed by atoms with Crippen molar-refractivity contribution in [3.63, 3.8) is 0 Å². The Kier molecular flexibility index (Phi) is 3.82. The van der Waals surface area contributed by atoms with Gasteiger partial charge in [0.05, 0.1) is 4.88 Å². The van der Waals surface area contributed by atoms with Crippen LogP contribution in [0.25, 0.3) is 10.8 Å². The van der Waals surface area contributed by atoms with Crippen LogP contribution in [0.1, 0.15) is 42.0 Å². The molecule has 0 unspecified atom stereocenters. The molecule has 0 fully saturated rings. The normalized spacial score (nSPS) is 14.2. The molecule has 0 spiro atoms. The molecule has 0 aliphatic heterocycles. The summed E-state index contributed by atoms with van der Waals surface area (Å²) < 4.78 is 5.62. The molecule has 106 valence electrons. The van der Waals surface area contributed by atoms with Gasteiger partial charge in [-0.3, -0.25) is 4.79 Å². The molecule has 1 aliphatic rings. The largest absolute Gasteiger partial charge is 0.481 e. The van der Waals surface area contributed by atoms with Gasteiger partial charge in [0.2, 0.25) is 5.89 Å². The molecule has 0 atom stereocenters. The number of hydrogen-bond acceptors (Lipinski definition) is 5. The lowest BCUT2D eigenvalue weighted by Crippen LogP contribution is -1.96. The molecule has 2 heterocycles. The smallest absolute Gasteiger partial charge is 0.303 e. The summed E-state index contributed by atoms with van der Waals surface area (Å²) in [6.07, 6.45) is 5.99. The van der Waals surface area contributed by atoms with Gasteiger partial charge in [-0.2, -0.15) is 0 Å². The van der Waals surface area contributed by atoms with Crippen LogP contribution in [0.3, 0.4) is 0 Å². The van der Waals surface area contributed by atoms with E-state index in [0.717, 1.165) is 17.7 Å². The summed E-state index contributed by atoms with van der Waals surface area (Å²) in [6, 6.07) is 2.16. The summed E-state index contributed by atoms with van der Waals surface area (Å²) in [5, 5.41) is 16.7. The maximum Gasteiger partial charge on any atom is 0.303 e. The summed E-state index contributed by atoms with van der Waals surface area (Å²) in [7, 11) is 0. The van der Waals surface area contributed by atoms with Crippen molar-refractivity contribution in [2.24, 2.45) is 0 Å². The Morgan fingerprint density at radius 3 is 3.00 bits per heavy atom. The summed E-state index contributed by atoms with van der Waals surface area (Å²) in [4.78, 5) is 12.9. The van der Waals surface area contributed by atoms with E-state index in [1.54, 1.807) is 11.3 Å². The molecule has 6 heteroatoms. The van der Waals surface area contributed by atoms with Gasteiger partial charge in [-0.1, -0.05) is 0 Å². The molecule has 0 bridgehead atoms. The third-order valence-corrected chi connectivity index (χ3v) is 4.68. The third-order valence-electron chi connectivity index (χ3n) is 3.46. The first kappa shape index (κ1) is 13.3. The number of nitrogens with zero attached hydrogens (tertiary/aromatic N) is 2. The monoisotopic (exact) mass is 292 g/mol. The molecular formula is C14H16N2O3S. The van der Waals surface area contributed by atoms with Crippen LogP contribution in [0.4, 0.5) is 0 Å². The molecule has 3 rings (SSSR count). The lowest BCUT2D eigenvalue weighted by atomic mass is 9.99. The van der Waals surface area contributed by atoms with Crippen molar-refractivity contribution < 1.29 is 14.3 Å². The third kappa shape index (κ3) is 2.90. The molecule has 1 N–H and O–H groups in total. The second kappa shape index (κ2) is 5.75. The van der Waals surface area contributed by atoms with E-state index < -0.39 is 5.97 Å². The topological polar surface area (TPSA) is 76.2 Å². The van der Waals surface area contributed by atoms with Crippen molar-refractivity contribution in [1.82, 2.24) is 10.2 Å². The van der Waals surface area contributed by atoms with E-state index in [-0.39, 0.29) is 6.42 Å². The number of rotatable bonds is 5. The molecule has 0 aromatic carbocycles. The average Bonchev–Trinajstić information content (AvgIpc) is 3.03. The van der Waals surface area contributed by atoms with Crippen molar-refractivity contribution in [3.05, 3.63) is 22.4 Å². The van der Waals surface area contributed by atoms with Crippen LogP contribution in [0, 0.1) is 0 Å². The Labute approximate surface area is 120 Å². The fraction of sp³-hybridized carbons (Fsp3) is 0.500.